The molecule has 1 aromatic heterocycles. The van der Waals surface area contributed by atoms with Crippen molar-refractivity contribution in [2.75, 3.05) is 27.4 Å². The fourth-order valence-electron chi connectivity index (χ4n) is 4.60. The fourth-order valence-corrected chi connectivity index (χ4v) is 4.60. The summed E-state index contributed by atoms with van der Waals surface area (Å²) >= 11 is 0. The predicted octanol–water partition coefficient (Wildman–Crippen LogP) is 4.48. The number of carbonyl (C=O) groups excluding carboxylic acids is 2. The van der Waals surface area contributed by atoms with Crippen molar-refractivity contribution >= 4 is 22.7 Å². The lowest BCUT2D eigenvalue weighted by Gasteiger charge is -2.28. The number of methoxy groups -OCH3 is 2. The molecule has 0 saturated heterocycles. The third-order valence-corrected chi connectivity index (χ3v) is 6.55. The number of H-pyrrole nitrogens is 1. The second kappa shape index (κ2) is 13.5. The number of aromatic amines is 1. The standard InChI is InChI=1S/C31H35N3O5/c1-22(35)34(18-24-8-4-7-11-30(24)38-3)19-26(16-25-17-32-29-10-6-5-9-28(25)29)33-31(36)21-39-27-14-12-23(13-15-27)20-37-2/h4-15,17,26,32H,16,18-21H2,1-3H3,(H,33,36). The van der Waals surface area contributed by atoms with E-state index in [0.717, 1.165) is 27.6 Å². The summed E-state index contributed by atoms with van der Waals surface area (Å²) in [6, 6.07) is 22.7. The second-order valence-corrected chi connectivity index (χ2v) is 9.41. The second-order valence-electron chi connectivity index (χ2n) is 9.41. The average Bonchev–Trinajstić information content (AvgIpc) is 3.35. The van der Waals surface area contributed by atoms with Gasteiger partial charge in [0, 0.05) is 49.8 Å². The molecule has 3 aromatic carbocycles. The van der Waals surface area contributed by atoms with Gasteiger partial charge in [0.1, 0.15) is 11.5 Å². The number of nitrogens with zero attached hydrogens (tertiary/aromatic N) is 1. The zero-order valence-corrected chi connectivity index (χ0v) is 22.6. The van der Waals surface area contributed by atoms with Gasteiger partial charge in [-0.15, -0.1) is 0 Å². The van der Waals surface area contributed by atoms with Gasteiger partial charge in [0.05, 0.1) is 19.8 Å². The smallest absolute Gasteiger partial charge is 0.258 e. The van der Waals surface area contributed by atoms with E-state index in [0.29, 0.717) is 37.6 Å². The minimum atomic E-state index is -0.344. The Bertz CT molecular complexity index is 1380. The van der Waals surface area contributed by atoms with E-state index in [1.54, 1.807) is 19.1 Å². The molecule has 0 radical (unpaired) electrons. The summed E-state index contributed by atoms with van der Waals surface area (Å²) in [5.74, 6) is 0.957. The number of para-hydroxylation sites is 2. The molecular weight excluding hydrogens is 494 g/mol. The molecule has 1 atom stereocenters. The van der Waals surface area contributed by atoms with Crippen LogP contribution >= 0.6 is 0 Å². The van der Waals surface area contributed by atoms with Gasteiger partial charge < -0.3 is 29.4 Å². The van der Waals surface area contributed by atoms with Gasteiger partial charge >= 0.3 is 0 Å². The molecule has 8 heteroatoms. The number of carbonyl (C=O) groups is 2. The SMILES string of the molecule is COCc1ccc(OCC(=O)NC(Cc2c[nH]c3ccccc23)CN(Cc2ccccc2OC)C(C)=O)cc1. The summed E-state index contributed by atoms with van der Waals surface area (Å²) in [5.41, 5.74) is 4.00. The number of hydrogen-bond acceptors (Lipinski definition) is 5. The first-order valence-electron chi connectivity index (χ1n) is 12.9. The Morgan fingerprint density at radius 1 is 0.949 bits per heavy atom. The lowest BCUT2D eigenvalue weighted by molar-refractivity contribution is -0.131. The van der Waals surface area contributed by atoms with Gasteiger partial charge in [-0.1, -0.05) is 48.5 Å². The van der Waals surface area contributed by atoms with Crippen LogP contribution in [0.1, 0.15) is 23.6 Å². The molecule has 0 spiro atoms. The van der Waals surface area contributed by atoms with Crippen LogP contribution in [-0.2, 0) is 33.9 Å². The Kier molecular flexibility index (Phi) is 9.58. The number of benzene rings is 3. The van der Waals surface area contributed by atoms with Crippen molar-refractivity contribution < 1.29 is 23.8 Å². The average molecular weight is 530 g/mol. The molecule has 0 aliphatic carbocycles. The third kappa shape index (κ3) is 7.61. The monoisotopic (exact) mass is 529 g/mol. The first kappa shape index (κ1) is 27.7. The van der Waals surface area contributed by atoms with Crippen LogP contribution in [0.3, 0.4) is 0 Å². The van der Waals surface area contributed by atoms with Gasteiger partial charge in [0.15, 0.2) is 6.61 Å². The molecule has 2 amide bonds. The van der Waals surface area contributed by atoms with Crippen molar-refractivity contribution in [2.24, 2.45) is 0 Å². The van der Waals surface area contributed by atoms with Crippen molar-refractivity contribution in [2.45, 2.75) is 32.5 Å². The van der Waals surface area contributed by atoms with Gasteiger partial charge in [-0.05, 0) is 41.8 Å². The summed E-state index contributed by atoms with van der Waals surface area (Å²) in [5, 5.41) is 4.19. The molecule has 39 heavy (non-hydrogen) atoms. The molecule has 0 bridgehead atoms. The predicted molar refractivity (Wildman–Crippen MR) is 151 cm³/mol. The van der Waals surface area contributed by atoms with Crippen LogP contribution in [0.5, 0.6) is 11.5 Å². The van der Waals surface area contributed by atoms with Crippen molar-refractivity contribution in [3.8, 4) is 11.5 Å². The van der Waals surface area contributed by atoms with Crippen LogP contribution in [0.15, 0.2) is 79.0 Å². The Hall–Kier alpha value is -4.30. The summed E-state index contributed by atoms with van der Waals surface area (Å²) in [7, 11) is 3.26. The van der Waals surface area contributed by atoms with Crippen molar-refractivity contribution in [3.63, 3.8) is 0 Å². The number of nitrogens with one attached hydrogen (secondary N) is 2. The minimum absolute atomic E-state index is 0.0912. The Morgan fingerprint density at radius 2 is 1.69 bits per heavy atom. The summed E-state index contributed by atoms with van der Waals surface area (Å²) in [6.07, 6.45) is 2.50. The Balaban J connectivity index is 1.49. The maximum absolute atomic E-state index is 13.0. The minimum Gasteiger partial charge on any atom is -0.496 e. The van der Waals surface area contributed by atoms with Crippen LogP contribution < -0.4 is 14.8 Å². The van der Waals surface area contributed by atoms with Gasteiger partial charge in [0.25, 0.3) is 5.91 Å². The molecule has 8 nitrogen and oxygen atoms in total. The Morgan fingerprint density at radius 3 is 2.44 bits per heavy atom. The fraction of sp³-hybridized carbons (Fsp3) is 0.290. The molecule has 4 rings (SSSR count). The van der Waals surface area contributed by atoms with Gasteiger partial charge in [-0.2, -0.15) is 0 Å². The zero-order valence-electron chi connectivity index (χ0n) is 22.6. The maximum Gasteiger partial charge on any atom is 0.258 e. The third-order valence-electron chi connectivity index (χ3n) is 6.55. The normalized spacial score (nSPS) is 11.7. The number of amides is 2. The van der Waals surface area contributed by atoms with Gasteiger partial charge in [0.2, 0.25) is 5.91 Å². The van der Waals surface area contributed by atoms with Crippen molar-refractivity contribution in [3.05, 3.63) is 95.7 Å². The quantitative estimate of drug-likeness (QED) is 0.267. The van der Waals surface area contributed by atoms with E-state index >= 15 is 0 Å². The molecule has 0 fully saturated rings. The molecule has 0 aliphatic rings. The Labute approximate surface area is 228 Å². The molecule has 1 unspecified atom stereocenters. The van der Waals surface area contributed by atoms with Crippen LogP contribution in [0.25, 0.3) is 10.9 Å². The van der Waals surface area contributed by atoms with Crippen LogP contribution in [0.4, 0.5) is 0 Å². The van der Waals surface area contributed by atoms with E-state index in [9.17, 15) is 9.59 Å². The molecule has 1 heterocycles. The summed E-state index contributed by atoms with van der Waals surface area (Å²) in [6.45, 7) is 2.60. The number of aromatic nitrogens is 1. The number of ether oxygens (including phenoxy) is 3. The molecular formula is C31H35N3O5. The van der Waals surface area contributed by atoms with E-state index in [4.69, 9.17) is 14.2 Å². The molecule has 2 N–H and O–H groups in total. The lowest BCUT2D eigenvalue weighted by Crippen LogP contribution is -2.47. The van der Waals surface area contributed by atoms with E-state index < -0.39 is 0 Å². The number of fused-ring (bicyclic) bond motifs is 1. The van der Waals surface area contributed by atoms with E-state index in [2.05, 4.69) is 10.3 Å². The lowest BCUT2D eigenvalue weighted by atomic mass is 10.0. The highest BCUT2D eigenvalue weighted by Gasteiger charge is 2.22. The number of hydrogen-bond donors (Lipinski definition) is 2. The number of rotatable bonds is 13. The first-order chi connectivity index (χ1) is 19.0. The molecule has 0 aliphatic heterocycles. The van der Waals surface area contributed by atoms with E-state index in [1.807, 2.05) is 79.0 Å². The van der Waals surface area contributed by atoms with Crippen molar-refractivity contribution in [1.82, 2.24) is 15.2 Å². The van der Waals surface area contributed by atoms with Crippen LogP contribution in [0, 0.1) is 0 Å². The highest BCUT2D eigenvalue weighted by Crippen LogP contribution is 2.22. The van der Waals surface area contributed by atoms with Gasteiger partial charge in [-0.3, -0.25) is 9.59 Å². The van der Waals surface area contributed by atoms with Crippen LogP contribution in [0.2, 0.25) is 0 Å². The largest absolute Gasteiger partial charge is 0.496 e. The van der Waals surface area contributed by atoms with Crippen molar-refractivity contribution in [1.29, 1.82) is 0 Å². The maximum atomic E-state index is 13.0. The summed E-state index contributed by atoms with van der Waals surface area (Å²) < 4.78 is 16.4. The molecule has 4 aromatic rings. The molecule has 0 saturated carbocycles. The zero-order chi connectivity index (χ0) is 27.6. The highest BCUT2D eigenvalue weighted by atomic mass is 16.5. The summed E-state index contributed by atoms with van der Waals surface area (Å²) in [4.78, 5) is 30.7. The van der Waals surface area contributed by atoms with Crippen LogP contribution in [-0.4, -0.2) is 55.1 Å². The van der Waals surface area contributed by atoms with Gasteiger partial charge in [-0.25, -0.2) is 0 Å². The van der Waals surface area contributed by atoms with E-state index in [1.165, 1.54) is 6.92 Å². The molecule has 204 valence electrons. The highest BCUT2D eigenvalue weighted by molar-refractivity contribution is 5.83. The van der Waals surface area contributed by atoms with E-state index in [-0.39, 0.29) is 24.5 Å². The first-order valence-corrected chi connectivity index (χ1v) is 12.9. The topological polar surface area (TPSA) is 92.9 Å².